The van der Waals surface area contributed by atoms with E-state index in [0.717, 1.165) is 6.42 Å². The molecule has 2 heteroatoms. The normalized spacial score (nSPS) is 6.12. The second-order valence-corrected chi connectivity index (χ2v) is 1.81. The second-order valence-electron chi connectivity index (χ2n) is 1.38. The number of hydrogen-bond acceptors (Lipinski definition) is 0. The number of rotatable bonds is 2. The Labute approximate surface area is 71.8 Å². The molecule has 0 aromatic rings. The third-order valence-electron chi connectivity index (χ3n) is 0.727. The molecular weight excluding hydrogens is 158 g/mol. The summed E-state index contributed by atoms with van der Waals surface area (Å²) in [7, 11) is 0. The fourth-order valence-corrected chi connectivity index (χ4v) is 0.530. The van der Waals surface area contributed by atoms with Gasteiger partial charge >= 0.3 is 71.8 Å². The molecule has 0 aliphatic rings. The quantitative estimate of drug-likeness (QED) is 0.261. The van der Waals surface area contributed by atoms with Crippen LogP contribution in [-0.4, -0.2) is 16.0 Å². The SMILES string of the molecule is CCCCC#C[Se-].[Li+]. The van der Waals surface area contributed by atoms with E-state index < -0.39 is 0 Å². The van der Waals surface area contributed by atoms with Crippen molar-refractivity contribution in [3.63, 3.8) is 0 Å². The number of hydrogen-bond donors (Lipinski definition) is 0. The molecule has 0 saturated heterocycles. The van der Waals surface area contributed by atoms with Crippen molar-refractivity contribution >= 4 is 16.0 Å². The van der Waals surface area contributed by atoms with Gasteiger partial charge in [0.1, 0.15) is 0 Å². The smallest absolute Gasteiger partial charge is 1.00 e. The van der Waals surface area contributed by atoms with Crippen molar-refractivity contribution in [3.8, 4) is 10.7 Å². The van der Waals surface area contributed by atoms with Crippen molar-refractivity contribution in [2.24, 2.45) is 0 Å². The van der Waals surface area contributed by atoms with Gasteiger partial charge in [0.25, 0.3) is 0 Å². The van der Waals surface area contributed by atoms with Crippen LogP contribution in [0.5, 0.6) is 0 Å². The maximum Gasteiger partial charge on any atom is 1.00 e. The van der Waals surface area contributed by atoms with E-state index in [1.807, 2.05) is 0 Å². The Morgan fingerprint density at radius 1 is 1.50 bits per heavy atom. The van der Waals surface area contributed by atoms with Gasteiger partial charge in [-0.05, 0) is 0 Å². The van der Waals surface area contributed by atoms with Gasteiger partial charge in [-0.3, -0.25) is 0 Å². The molecule has 0 saturated carbocycles. The summed E-state index contributed by atoms with van der Waals surface area (Å²) in [5.74, 6) is 2.94. The first-order valence-electron chi connectivity index (χ1n) is 2.51. The van der Waals surface area contributed by atoms with Crippen LogP contribution in [0.3, 0.4) is 0 Å². The largest absolute Gasteiger partial charge is 1.00 e. The van der Waals surface area contributed by atoms with Crippen LogP contribution in [0.25, 0.3) is 0 Å². The summed E-state index contributed by atoms with van der Waals surface area (Å²) in [5.41, 5.74) is 0. The van der Waals surface area contributed by atoms with Crippen molar-refractivity contribution in [1.29, 1.82) is 0 Å². The van der Waals surface area contributed by atoms with E-state index >= 15 is 0 Å². The van der Waals surface area contributed by atoms with E-state index in [9.17, 15) is 0 Å². The van der Waals surface area contributed by atoms with Crippen molar-refractivity contribution in [2.45, 2.75) is 26.2 Å². The van der Waals surface area contributed by atoms with Gasteiger partial charge in [-0.2, -0.15) is 0 Å². The second kappa shape index (κ2) is 10.6. The minimum Gasteiger partial charge on any atom is 1.00 e. The summed E-state index contributed by atoms with van der Waals surface area (Å²) in [6, 6.07) is 0. The van der Waals surface area contributed by atoms with Gasteiger partial charge in [-0.15, -0.1) is 0 Å². The van der Waals surface area contributed by atoms with E-state index in [4.69, 9.17) is 0 Å². The monoisotopic (exact) mass is 168 g/mol. The third-order valence-corrected chi connectivity index (χ3v) is 1.03. The standard InChI is InChI=1S/C6H10Se.Li/c1-2-3-4-5-6-7;/h7H,2-4H2,1H3;/q;+1/p-1. The average molecular weight is 167 g/mol. The van der Waals surface area contributed by atoms with Crippen LogP contribution >= 0.6 is 0 Å². The van der Waals surface area contributed by atoms with E-state index in [-0.39, 0.29) is 18.9 Å². The molecular formula is C6H9LiSe. The van der Waals surface area contributed by atoms with Crippen LogP contribution in [-0.2, 0) is 0 Å². The van der Waals surface area contributed by atoms with Crippen molar-refractivity contribution in [1.82, 2.24) is 0 Å². The minimum absolute atomic E-state index is 0. The van der Waals surface area contributed by atoms with Crippen LogP contribution in [0.1, 0.15) is 26.2 Å². The molecule has 0 heterocycles. The third kappa shape index (κ3) is 9.84. The molecule has 0 aromatic heterocycles. The van der Waals surface area contributed by atoms with Gasteiger partial charge in [-0.1, -0.05) is 0 Å². The van der Waals surface area contributed by atoms with E-state index in [1.54, 1.807) is 0 Å². The zero-order valence-corrected chi connectivity index (χ0v) is 7.24. The molecule has 0 fully saturated rings. The summed E-state index contributed by atoms with van der Waals surface area (Å²) in [6.07, 6.45) is 3.52. The van der Waals surface area contributed by atoms with Gasteiger partial charge in [-0.25, -0.2) is 0 Å². The van der Waals surface area contributed by atoms with Crippen LogP contribution in [0.2, 0.25) is 0 Å². The van der Waals surface area contributed by atoms with Gasteiger partial charge in [0.15, 0.2) is 0 Å². The van der Waals surface area contributed by atoms with Crippen LogP contribution in [0.4, 0.5) is 0 Å². The molecule has 0 aliphatic carbocycles. The van der Waals surface area contributed by atoms with Crippen LogP contribution < -0.4 is 18.9 Å². The first-order chi connectivity index (χ1) is 3.41. The summed E-state index contributed by atoms with van der Waals surface area (Å²) >= 11 is 2.64. The molecule has 0 aliphatic heterocycles. The van der Waals surface area contributed by atoms with Crippen molar-refractivity contribution < 1.29 is 18.9 Å². The van der Waals surface area contributed by atoms with Gasteiger partial charge in [0.05, 0.1) is 0 Å². The molecule has 0 nitrogen and oxygen atoms in total. The first kappa shape index (κ1) is 11.5. The maximum absolute atomic E-state index is 2.94. The zero-order valence-electron chi connectivity index (χ0n) is 5.53. The molecule has 8 heavy (non-hydrogen) atoms. The van der Waals surface area contributed by atoms with Crippen molar-refractivity contribution in [2.75, 3.05) is 0 Å². The molecule has 0 atom stereocenters. The number of unbranched alkanes of at least 4 members (excludes halogenated alkanes) is 2. The molecule has 0 rings (SSSR count). The Morgan fingerprint density at radius 2 is 2.12 bits per heavy atom. The topological polar surface area (TPSA) is 0 Å². The Kier molecular flexibility index (Phi) is 15.2. The van der Waals surface area contributed by atoms with Gasteiger partial charge < -0.3 is 0 Å². The Bertz CT molecular complexity index is 80.3. The van der Waals surface area contributed by atoms with Crippen molar-refractivity contribution in [3.05, 3.63) is 0 Å². The molecule has 0 N–H and O–H groups in total. The average Bonchev–Trinajstić information content (AvgIpc) is 1.69. The molecule has 0 spiro atoms. The Balaban J connectivity index is 0. The molecule has 40 valence electrons. The molecule has 0 amide bonds. The summed E-state index contributed by atoms with van der Waals surface area (Å²) in [4.78, 5) is 2.73. The predicted molar refractivity (Wildman–Crippen MR) is 33.1 cm³/mol. The van der Waals surface area contributed by atoms with E-state index in [2.05, 4.69) is 33.7 Å². The molecule has 0 radical (unpaired) electrons. The van der Waals surface area contributed by atoms with E-state index in [1.165, 1.54) is 12.8 Å². The fourth-order valence-electron chi connectivity index (χ4n) is 0.316. The molecule has 0 bridgehead atoms. The maximum atomic E-state index is 2.94. The summed E-state index contributed by atoms with van der Waals surface area (Å²) < 4.78 is 0. The van der Waals surface area contributed by atoms with Gasteiger partial charge in [0.2, 0.25) is 0 Å². The van der Waals surface area contributed by atoms with Crippen LogP contribution in [0.15, 0.2) is 0 Å². The Hall–Kier alpha value is 0.677. The first-order valence-corrected chi connectivity index (χ1v) is 3.37. The minimum atomic E-state index is 0. The zero-order chi connectivity index (χ0) is 5.54. The summed E-state index contributed by atoms with van der Waals surface area (Å²) in [6.45, 7) is 2.17. The van der Waals surface area contributed by atoms with Crippen LogP contribution in [0, 0.1) is 10.7 Å². The Morgan fingerprint density at radius 3 is 2.50 bits per heavy atom. The van der Waals surface area contributed by atoms with E-state index in [0.29, 0.717) is 0 Å². The molecule has 0 aromatic carbocycles. The summed E-state index contributed by atoms with van der Waals surface area (Å²) in [5, 5.41) is 0. The van der Waals surface area contributed by atoms with Gasteiger partial charge in [0, 0.05) is 0 Å². The predicted octanol–water partition coefficient (Wildman–Crippen LogP) is -1.69. The fraction of sp³-hybridized carbons (Fsp3) is 0.667. The molecule has 0 unspecified atom stereocenters.